The zero-order chi connectivity index (χ0) is 14.8. The molecule has 21 heavy (non-hydrogen) atoms. The normalized spacial score (nSPS) is 16.0. The summed E-state index contributed by atoms with van der Waals surface area (Å²) in [6, 6.07) is 14.6. The summed E-state index contributed by atoms with van der Waals surface area (Å²) >= 11 is 9.21. The molecular weight excluding hydrogens is 354 g/mol. The lowest BCUT2D eigenvalue weighted by atomic mass is 10.2. The molecule has 1 heterocycles. The Bertz CT molecular complexity index is 766. The van der Waals surface area contributed by atoms with Gasteiger partial charge in [0, 0.05) is 15.1 Å². The molecule has 0 N–H and O–H groups in total. The number of carbonyl (C=O) groups is 1. The van der Waals surface area contributed by atoms with Crippen LogP contribution in [0.3, 0.4) is 0 Å². The lowest BCUT2D eigenvalue weighted by Gasteiger charge is -1.99. The topological polar surface area (TPSA) is 38.7 Å². The number of cyclic esters (lactones) is 1. The van der Waals surface area contributed by atoms with E-state index < -0.39 is 5.97 Å². The maximum atomic E-state index is 11.9. The zero-order valence-corrected chi connectivity index (χ0v) is 13.1. The van der Waals surface area contributed by atoms with Gasteiger partial charge in [-0.25, -0.2) is 9.79 Å². The van der Waals surface area contributed by atoms with Crippen LogP contribution in [0.4, 0.5) is 0 Å². The highest BCUT2D eigenvalue weighted by molar-refractivity contribution is 9.10. The Kier molecular flexibility index (Phi) is 3.90. The van der Waals surface area contributed by atoms with E-state index in [9.17, 15) is 4.79 Å². The maximum Gasteiger partial charge on any atom is 0.363 e. The van der Waals surface area contributed by atoms with Crippen molar-refractivity contribution in [2.75, 3.05) is 0 Å². The summed E-state index contributed by atoms with van der Waals surface area (Å²) in [4.78, 5) is 16.1. The van der Waals surface area contributed by atoms with Crippen LogP contribution in [0.2, 0.25) is 5.02 Å². The highest BCUT2D eigenvalue weighted by atomic mass is 79.9. The molecule has 3 rings (SSSR count). The standard InChI is InChI=1S/C16H9BrClNO2/c17-12-3-1-2-11(9-12)15-19-14(16(20)21-15)8-10-4-6-13(18)7-5-10/h1-9H/b14-8-. The monoisotopic (exact) mass is 361 g/mol. The molecule has 1 aliphatic rings. The van der Waals surface area contributed by atoms with E-state index in [1.54, 1.807) is 18.2 Å². The molecule has 0 bridgehead atoms. The van der Waals surface area contributed by atoms with Crippen molar-refractivity contribution in [2.45, 2.75) is 0 Å². The summed E-state index contributed by atoms with van der Waals surface area (Å²) < 4.78 is 6.10. The van der Waals surface area contributed by atoms with E-state index in [1.165, 1.54) is 0 Å². The molecule has 0 atom stereocenters. The van der Waals surface area contributed by atoms with Crippen LogP contribution in [0, 0.1) is 0 Å². The molecule has 5 heteroatoms. The maximum absolute atomic E-state index is 11.9. The molecule has 0 spiro atoms. The number of carbonyl (C=O) groups excluding carboxylic acids is 1. The number of esters is 1. The summed E-state index contributed by atoms with van der Waals surface area (Å²) in [6.07, 6.45) is 1.67. The van der Waals surface area contributed by atoms with Crippen LogP contribution in [0.15, 0.2) is 63.7 Å². The third-order valence-corrected chi connectivity index (χ3v) is 3.61. The van der Waals surface area contributed by atoms with Crippen LogP contribution >= 0.6 is 27.5 Å². The molecule has 104 valence electrons. The Labute approximate surface area is 135 Å². The van der Waals surface area contributed by atoms with Crippen molar-refractivity contribution in [3.8, 4) is 0 Å². The minimum Gasteiger partial charge on any atom is -0.402 e. The molecule has 0 saturated heterocycles. The summed E-state index contributed by atoms with van der Waals surface area (Å²) in [7, 11) is 0. The summed E-state index contributed by atoms with van der Waals surface area (Å²) in [5.41, 5.74) is 1.86. The second kappa shape index (κ2) is 5.84. The lowest BCUT2D eigenvalue weighted by molar-refractivity contribution is -0.129. The quantitative estimate of drug-likeness (QED) is 0.585. The first-order valence-corrected chi connectivity index (χ1v) is 7.33. The number of hydrogen-bond donors (Lipinski definition) is 0. The highest BCUT2D eigenvalue weighted by Crippen LogP contribution is 2.21. The second-order valence-corrected chi connectivity index (χ2v) is 5.75. The first-order valence-electron chi connectivity index (χ1n) is 6.16. The van der Waals surface area contributed by atoms with Crippen molar-refractivity contribution in [2.24, 2.45) is 4.99 Å². The van der Waals surface area contributed by atoms with Gasteiger partial charge in [-0.2, -0.15) is 0 Å². The number of rotatable bonds is 2. The van der Waals surface area contributed by atoms with Gasteiger partial charge in [-0.15, -0.1) is 0 Å². The summed E-state index contributed by atoms with van der Waals surface area (Å²) in [5.74, 6) is -0.151. The number of hydrogen-bond acceptors (Lipinski definition) is 3. The second-order valence-electron chi connectivity index (χ2n) is 4.40. The van der Waals surface area contributed by atoms with E-state index in [4.69, 9.17) is 16.3 Å². The molecule has 0 unspecified atom stereocenters. The van der Waals surface area contributed by atoms with Gasteiger partial charge in [0.1, 0.15) is 0 Å². The predicted octanol–water partition coefficient (Wildman–Crippen LogP) is 4.45. The van der Waals surface area contributed by atoms with Crippen molar-refractivity contribution >= 4 is 45.5 Å². The number of ether oxygens (including phenoxy) is 1. The van der Waals surface area contributed by atoms with Crippen molar-refractivity contribution in [3.63, 3.8) is 0 Å². The van der Waals surface area contributed by atoms with E-state index in [2.05, 4.69) is 20.9 Å². The van der Waals surface area contributed by atoms with E-state index in [-0.39, 0.29) is 5.70 Å². The van der Waals surface area contributed by atoms with Crippen LogP contribution in [0.25, 0.3) is 6.08 Å². The third-order valence-electron chi connectivity index (χ3n) is 2.87. The summed E-state index contributed by atoms with van der Waals surface area (Å²) in [6.45, 7) is 0. The fraction of sp³-hybridized carbons (Fsp3) is 0. The lowest BCUT2D eigenvalue weighted by Crippen LogP contribution is -2.05. The van der Waals surface area contributed by atoms with Gasteiger partial charge in [-0.3, -0.25) is 0 Å². The number of halogens is 2. The number of benzene rings is 2. The van der Waals surface area contributed by atoms with Crippen molar-refractivity contribution < 1.29 is 9.53 Å². The van der Waals surface area contributed by atoms with Crippen LogP contribution in [-0.4, -0.2) is 11.9 Å². The fourth-order valence-corrected chi connectivity index (χ4v) is 2.40. The average molecular weight is 363 g/mol. The highest BCUT2D eigenvalue weighted by Gasteiger charge is 2.24. The predicted molar refractivity (Wildman–Crippen MR) is 86.2 cm³/mol. The first kappa shape index (κ1) is 14.0. The Hall–Kier alpha value is -1.91. The Morgan fingerprint density at radius 2 is 1.90 bits per heavy atom. The molecular formula is C16H9BrClNO2. The van der Waals surface area contributed by atoms with Crippen molar-refractivity contribution in [3.05, 3.63) is 74.9 Å². The van der Waals surface area contributed by atoms with Crippen molar-refractivity contribution in [1.82, 2.24) is 0 Å². The van der Waals surface area contributed by atoms with E-state index in [0.29, 0.717) is 10.9 Å². The molecule has 2 aromatic rings. The summed E-state index contributed by atoms with van der Waals surface area (Å²) in [5, 5.41) is 0.643. The molecule has 0 radical (unpaired) electrons. The minimum atomic E-state index is -0.458. The van der Waals surface area contributed by atoms with Gasteiger partial charge < -0.3 is 4.74 Å². The number of aliphatic imine (C=N–C) groups is 1. The SMILES string of the molecule is O=C1OC(c2cccc(Br)c2)=N/C1=C\c1ccc(Cl)cc1. The van der Waals surface area contributed by atoms with Gasteiger partial charge in [0.05, 0.1) is 0 Å². The van der Waals surface area contributed by atoms with Gasteiger partial charge in [0.15, 0.2) is 5.70 Å². The van der Waals surface area contributed by atoms with Gasteiger partial charge in [0.25, 0.3) is 0 Å². The molecule has 0 amide bonds. The molecule has 0 aliphatic carbocycles. The molecule has 0 fully saturated rings. The molecule has 3 nitrogen and oxygen atoms in total. The minimum absolute atomic E-state index is 0.271. The fourth-order valence-electron chi connectivity index (χ4n) is 1.87. The Morgan fingerprint density at radius 1 is 1.14 bits per heavy atom. The van der Waals surface area contributed by atoms with E-state index >= 15 is 0 Å². The van der Waals surface area contributed by atoms with Crippen molar-refractivity contribution in [1.29, 1.82) is 0 Å². The van der Waals surface area contributed by atoms with Gasteiger partial charge in [0.2, 0.25) is 5.90 Å². The largest absolute Gasteiger partial charge is 0.402 e. The van der Waals surface area contributed by atoms with Crippen LogP contribution in [-0.2, 0) is 9.53 Å². The van der Waals surface area contributed by atoms with Crippen LogP contribution in [0.1, 0.15) is 11.1 Å². The smallest absolute Gasteiger partial charge is 0.363 e. The molecule has 1 aliphatic heterocycles. The Morgan fingerprint density at radius 3 is 2.62 bits per heavy atom. The third kappa shape index (κ3) is 3.23. The average Bonchev–Trinajstić information content (AvgIpc) is 2.83. The number of nitrogens with zero attached hydrogens (tertiary/aromatic N) is 1. The molecule has 0 aromatic heterocycles. The van der Waals surface area contributed by atoms with Gasteiger partial charge in [-0.05, 0) is 42.0 Å². The van der Waals surface area contributed by atoms with Crippen LogP contribution < -0.4 is 0 Å². The zero-order valence-electron chi connectivity index (χ0n) is 10.7. The van der Waals surface area contributed by atoms with E-state index in [1.807, 2.05) is 36.4 Å². The first-order chi connectivity index (χ1) is 10.1. The molecule has 0 saturated carbocycles. The van der Waals surface area contributed by atoms with Gasteiger partial charge in [-0.1, -0.05) is 45.7 Å². The van der Waals surface area contributed by atoms with Crippen LogP contribution in [0.5, 0.6) is 0 Å². The van der Waals surface area contributed by atoms with Gasteiger partial charge >= 0.3 is 5.97 Å². The Balaban J connectivity index is 1.93. The van der Waals surface area contributed by atoms with E-state index in [0.717, 1.165) is 15.6 Å². The molecule has 2 aromatic carbocycles.